The average molecular weight is 344 g/mol. The summed E-state index contributed by atoms with van der Waals surface area (Å²) >= 11 is 0. The molecule has 5 nitrogen and oxygen atoms in total. The second-order valence-corrected chi connectivity index (χ2v) is 5.41. The van der Waals surface area contributed by atoms with Gasteiger partial charge in [0.1, 0.15) is 11.3 Å². The van der Waals surface area contributed by atoms with Crippen LogP contribution in [0.4, 0.5) is 5.69 Å². The quantitative estimate of drug-likeness (QED) is 0.581. The number of nitrogens with one attached hydrogen (secondary N) is 1. The minimum atomic E-state index is -0.186. The van der Waals surface area contributed by atoms with Gasteiger partial charge in [-0.2, -0.15) is 0 Å². The predicted molar refractivity (Wildman–Crippen MR) is 104 cm³/mol. The van der Waals surface area contributed by atoms with Crippen LogP contribution in [0.15, 0.2) is 40.8 Å². The van der Waals surface area contributed by atoms with E-state index in [4.69, 9.17) is 4.42 Å². The lowest BCUT2D eigenvalue weighted by Crippen LogP contribution is -2.05. The molecular formula is C20H28N2O3. The number of benzene rings is 2. The van der Waals surface area contributed by atoms with Gasteiger partial charge in [-0.3, -0.25) is 4.79 Å². The molecule has 0 radical (unpaired) electrons. The number of aryl methyl sites for hydroxylation is 3. The van der Waals surface area contributed by atoms with Crippen LogP contribution in [0.5, 0.6) is 5.75 Å². The number of nitrogens with zero attached hydrogens (tertiary/aromatic N) is 1. The highest BCUT2D eigenvalue weighted by molar-refractivity contribution is 5.90. The molecule has 3 rings (SSSR count). The lowest BCUT2D eigenvalue weighted by molar-refractivity contribution is -0.114. The van der Waals surface area contributed by atoms with Crippen LogP contribution in [0.25, 0.3) is 11.1 Å². The molecule has 0 bridgehead atoms. The molecule has 0 fully saturated rings. The number of oxazole rings is 1. The number of aromatic hydroxyl groups is 1. The number of phenolic OH excluding ortho intramolecular Hbond substituents is 1. The maximum absolute atomic E-state index is 10.6. The zero-order chi connectivity index (χ0) is 17.0. The van der Waals surface area contributed by atoms with Crippen LogP contribution >= 0.6 is 0 Å². The first-order valence-electron chi connectivity index (χ1n) is 7.26. The largest absolute Gasteiger partial charge is 0.506 e. The Morgan fingerprint density at radius 3 is 2.24 bits per heavy atom. The molecule has 0 atom stereocenters. The molecule has 1 amide bonds. The number of anilines is 1. The fraction of sp³-hybridized carbons (Fsp3) is 0.300. The molecule has 136 valence electrons. The second-order valence-electron chi connectivity index (χ2n) is 5.41. The van der Waals surface area contributed by atoms with Gasteiger partial charge >= 0.3 is 0 Å². The maximum Gasteiger partial charge on any atom is 0.221 e. The lowest BCUT2D eigenvalue weighted by Gasteiger charge is -2.04. The van der Waals surface area contributed by atoms with Gasteiger partial charge in [-0.15, -0.1) is 0 Å². The first kappa shape index (κ1) is 22.2. The molecule has 0 saturated heterocycles. The van der Waals surface area contributed by atoms with E-state index in [2.05, 4.69) is 10.3 Å². The summed E-state index contributed by atoms with van der Waals surface area (Å²) in [4.78, 5) is 14.8. The van der Waals surface area contributed by atoms with Crippen molar-refractivity contribution in [1.82, 2.24) is 4.98 Å². The maximum atomic E-state index is 10.6. The summed E-state index contributed by atoms with van der Waals surface area (Å²) in [5, 5.41) is 11.8. The predicted octanol–water partition coefficient (Wildman–Crippen LogP) is 5.38. The molecule has 3 aromatic rings. The molecule has 2 aromatic carbocycles. The first-order valence-corrected chi connectivity index (χ1v) is 7.26. The fourth-order valence-corrected chi connectivity index (χ4v) is 2.08. The van der Waals surface area contributed by atoms with E-state index >= 15 is 0 Å². The van der Waals surface area contributed by atoms with Crippen molar-refractivity contribution < 1.29 is 14.3 Å². The zero-order valence-electron chi connectivity index (χ0n) is 13.7. The number of aromatic nitrogens is 1. The van der Waals surface area contributed by atoms with Gasteiger partial charge in [0.15, 0.2) is 11.5 Å². The third-order valence-corrected chi connectivity index (χ3v) is 3.11. The van der Waals surface area contributed by atoms with Gasteiger partial charge in [0.25, 0.3) is 0 Å². The Hall–Kier alpha value is -2.82. The molecule has 5 heteroatoms. The number of phenols is 1. The average Bonchev–Trinajstić information content (AvgIpc) is 2.81. The minimum absolute atomic E-state index is 0. The van der Waals surface area contributed by atoms with Crippen LogP contribution in [-0.2, 0) is 4.79 Å². The van der Waals surface area contributed by atoms with Crippen molar-refractivity contribution in [3.63, 3.8) is 0 Å². The van der Waals surface area contributed by atoms with E-state index in [0.29, 0.717) is 5.69 Å². The summed E-state index contributed by atoms with van der Waals surface area (Å²) in [6, 6.07) is 11.1. The zero-order valence-corrected chi connectivity index (χ0v) is 13.7. The van der Waals surface area contributed by atoms with Crippen molar-refractivity contribution in [2.24, 2.45) is 0 Å². The molecule has 0 aliphatic heterocycles. The standard InChI is InChI=1S/C9H11NO2.C9H9NO.2CH4/c1-6-3-4-8(9(12)5-6)10-7(2)11;1-6-3-4-8-9(5-6)11-7(2)10-8;;/h3-5,12H,1-2H3,(H,10,11);3-5H,1-2H3;2*1H4. The molecule has 1 aromatic heterocycles. The van der Waals surface area contributed by atoms with Gasteiger partial charge in [0.05, 0.1) is 5.69 Å². The Bertz CT molecular complexity index is 838. The van der Waals surface area contributed by atoms with Crippen LogP contribution in [0.1, 0.15) is 38.8 Å². The van der Waals surface area contributed by atoms with Crippen molar-refractivity contribution in [2.45, 2.75) is 42.5 Å². The molecular weight excluding hydrogens is 316 g/mol. The SMILES string of the molecule is C.C.CC(=O)Nc1ccc(C)cc1O.Cc1ccc2nc(C)oc2c1. The van der Waals surface area contributed by atoms with Crippen LogP contribution in [-0.4, -0.2) is 16.0 Å². The van der Waals surface area contributed by atoms with E-state index in [9.17, 15) is 9.90 Å². The summed E-state index contributed by atoms with van der Waals surface area (Å²) in [6.45, 7) is 7.17. The summed E-state index contributed by atoms with van der Waals surface area (Å²) in [5.74, 6) is 0.643. The summed E-state index contributed by atoms with van der Waals surface area (Å²) in [7, 11) is 0. The summed E-state index contributed by atoms with van der Waals surface area (Å²) in [5.41, 5.74) is 4.43. The minimum Gasteiger partial charge on any atom is -0.506 e. The van der Waals surface area contributed by atoms with E-state index in [1.54, 1.807) is 12.1 Å². The highest BCUT2D eigenvalue weighted by atomic mass is 16.3. The Morgan fingerprint density at radius 2 is 1.64 bits per heavy atom. The molecule has 25 heavy (non-hydrogen) atoms. The van der Waals surface area contributed by atoms with Crippen LogP contribution < -0.4 is 5.32 Å². The van der Waals surface area contributed by atoms with E-state index in [1.165, 1.54) is 12.5 Å². The fourth-order valence-electron chi connectivity index (χ4n) is 2.08. The molecule has 0 aliphatic rings. The highest BCUT2D eigenvalue weighted by Crippen LogP contribution is 2.23. The lowest BCUT2D eigenvalue weighted by atomic mass is 10.2. The van der Waals surface area contributed by atoms with Crippen LogP contribution in [0.2, 0.25) is 0 Å². The van der Waals surface area contributed by atoms with Gasteiger partial charge in [-0.25, -0.2) is 4.98 Å². The molecule has 1 heterocycles. The van der Waals surface area contributed by atoms with Crippen molar-refractivity contribution in [3.8, 4) is 5.75 Å². The number of hydrogen-bond donors (Lipinski definition) is 2. The number of carbonyl (C=O) groups is 1. The Morgan fingerprint density at radius 1 is 1.04 bits per heavy atom. The van der Waals surface area contributed by atoms with E-state index < -0.39 is 0 Å². The van der Waals surface area contributed by atoms with E-state index in [1.807, 2.05) is 45.0 Å². The second kappa shape index (κ2) is 9.47. The topological polar surface area (TPSA) is 75.4 Å². The van der Waals surface area contributed by atoms with Gasteiger partial charge < -0.3 is 14.8 Å². The number of fused-ring (bicyclic) bond motifs is 1. The third-order valence-electron chi connectivity index (χ3n) is 3.11. The number of amides is 1. The van der Waals surface area contributed by atoms with Crippen LogP contribution in [0, 0.1) is 20.8 Å². The van der Waals surface area contributed by atoms with Crippen molar-refractivity contribution in [3.05, 3.63) is 53.4 Å². The number of hydrogen-bond acceptors (Lipinski definition) is 4. The van der Waals surface area contributed by atoms with Crippen molar-refractivity contribution >= 4 is 22.7 Å². The third kappa shape index (κ3) is 6.30. The normalized spacial score (nSPS) is 9.28. The van der Waals surface area contributed by atoms with Crippen molar-refractivity contribution in [2.75, 3.05) is 5.32 Å². The van der Waals surface area contributed by atoms with Gasteiger partial charge in [0, 0.05) is 13.8 Å². The van der Waals surface area contributed by atoms with E-state index in [0.717, 1.165) is 22.6 Å². The van der Waals surface area contributed by atoms with Gasteiger partial charge in [-0.1, -0.05) is 27.0 Å². The molecule has 0 saturated carbocycles. The smallest absolute Gasteiger partial charge is 0.221 e. The van der Waals surface area contributed by atoms with Gasteiger partial charge in [-0.05, 0) is 49.2 Å². The van der Waals surface area contributed by atoms with Gasteiger partial charge in [0.2, 0.25) is 5.91 Å². The summed E-state index contributed by atoms with van der Waals surface area (Å²) < 4.78 is 5.34. The van der Waals surface area contributed by atoms with E-state index in [-0.39, 0.29) is 26.5 Å². The Balaban J connectivity index is 0.000000427. The number of carbonyl (C=O) groups excluding carboxylic acids is 1. The highest BCUT2D eigenvalue weighted by Gasteiger charge is 2.01. The molecule has 0 spiro atoms. The Kier molecular flexibility index (Phi) is 8.40. The monoisotopic (exact) mass is 344 g/mol. The first-order chi connectivity index (χ1) is 10.8. The molecule has 2 N–H and O–H groups in total. The molecule has 0 aliphatic carbocycles. The molecule has 0 unspecified atom stereocenters. The Labute approximate surface area is 149 Å². The van der Waals surface area contributed by atoms with Crippen molar-refractivity contribution in [1.29, 1.82) is 0 Å². The summed E-state index contributed by atoms with van der Waals surface area (Å²) in [6.07, 6.45) is 0. The van der Waals surface area contributed by atoms with Crippen LogP contribution in [0.3, 0.4) is 0 Å². The number of rotatable bonds is 1.